The average molecular weight is 244 g/mol. The molecule has 0 aromatic heterocycles. The van der Waals surface area contributed by atoms with E-state index >= 15 is 0 Å². The molecule has 0 atom stereocenters. The Morgan fingerprint density at radius 3 is 1.61 bits per heavy atom. The molecule has 0 saturated heterocycles. The van der Waals surface area contributed by atoms with Crippen LogP contribution in [0.3, 0.4) is 0 Å². The van der Waals surface area contributed by atoms with Gasteiger partial charge >= 0.3 is 0 Å². The van der Waals surface area contributed by atoms with Crippen LogP contribution in [-0.2, 0) is 4.79 Å². The summed E-state index contributed by atoms with van der Waals surface area (Å²) in [6, 6.07) is 0. The Kier molecular flexibility index (Phi) is 4.50. The van der Waals surface area contributed by atoms with Gasteiger partial charge in [-0.3, -0.25) is 4.79 Å². The molecule has 0 unspecified atom stereocenters. The van der Waals surface area contributed by atoms with Gasteiger partial charge in [0.25, 0.3) is 0 Å². The Morgan fingerprint density at radius 2 is 1.22 bits per heavy atom. The predicted molar refractivity (Wildman–Crippen MR) is 79.0 cm³/mol. The Bertz CT molecular complexity index is 476. The Balaban J connectivity index is 3.30. The highest BCUT2D eigenvalue weighted by Crippen LogP contribution is 2.27. The maximum absolute atomic E-state index is 11.7. The van der Waals surface area contributed by atoms with Gasteiger partial charge in [0, 0.05) is 5.92 Å². The molecule has 0 heterocycles. The van der Waals surface area contributed by atoms with E-state index in [2.05, 4.69) is 34.6 Å². The fraction of sp³-hybridized carbons (Fsp3) is 0.471. The van der Waals surface area contributed by atoms with Crippen molar-refractivity contribution in [2.75, 3.05) is 0 Å². The molecular weight excluding hydrogens is 220 g/mol. The zero-order valence-electron chi connectivity index (χ0n) is 12.6. The van der Waals surface area contributed by atoms with E-state index < -0.39 is 0 Å². The highest BCUT2D eigenvalue weighted by molar-refractivity contribution is 5.95. The second-order valence-electron chi connectivity index (χ2n) is 5.43. The number of carbonyl (C=O) groups is 1. The first-order chi connectivity index (χ1) is 8.27. The molecule has 0 radical (unpaired) electrons. The lowest BCUT2D eigenvalue weighted by Gasteiger charge is -2.16. The van der Waals surface area contributed by atoms with Crippen molar-refractivity contribution in [1.29, 1.82) is 0 Å². The zero-order valence-corrected chi connectivity index (χ0v) is 12.6. The molecule has 0 saturated carbocycles. The molecule has 1 heteroatoms. The van der Waals surface area contributed by atoms with Crippen molar-refractivity contribution >= 4 is 11.9 Å². The number of allylic oxidation sites excluding steroid dienone is 1. The first-order valence-electron chi connectivity index (χ1n) is 6.56. The summed E-state index contributed by atoms with van der Waals surface area (Å²) >= 11 is 0. The summed E-state index contributed by atoms with van der Waals surface area (Å²) in [5.74, 6) is 0.249. The topological polar surface area (TPSA) is 17.1 Å². The van der Waals surface area contributed by atoms with Crippen LogP contribution in [0.4, 0.5) is 0 Å². The maximum atomic E-state index is 11.7. The molecule has 1 aromatic rings. The van der Waals surface area contributed by atoms with Gasteiger partial charge in [-0.25, -0.2) is 0 Å². The van der Waals surface area contributed by atoms with Crippen LogP contribution in [0, 0.1) is 40.5 Å². The summed E-state index contributed by atoms with van der Waals surface area (Å²) in [7, 11) is 0. The molecule has 0 aliphatic carbocycles. The van der Waals surface area contributed by atoms with Crippen molar-refractivity contribution in [1.82, 2.24) is 0 Å². The minimum absolute atomic E-state index is 0.0644. The van der Waals surface area contributed by atoms with Gasteiger partial charge in [0.1, 0.15) is 0 Å². The summed E-state index contributed by atoms with van der Waals surface area (Å²) < 4.78 is 0. The van der Waals surface area contributed by atoms with Crippen molar-refractivity contribution < 1.29 is 4.79 Å². The van der Waals surface area contributed by atoms with Crippen molar-refractivity contribution in [3.63, 3.8) is 0 Å². The normalized spacial score (nSPS) is 11.6. The standard InChI is InChI=1S/C17H24O/c1-10(2)17(18)9-8-16-14(6)12(4)11(3)13(5)15(16)7/h8-10H,1-7H3/b9-8+. The molecule has 1 nitrogen and oxygen atoms in total. The molecular formula is C17H24O. The number of carbonyl (C=O) groups excluding carboxylic acids is 1. The van der Waals surface area contributed by atoms with E-state index in [0.29, 0.717) is 0 Å². The molecule has 1 rings (SSSR count). The SMILES string of the molecule is Cc1c(C)c(C)c(/C=C/C(=O)C(C)C)c(C)c1C. The molecule has 1 aromatic carbocycles. The van der Waals surface area contributed by atoms with Crippen LogP contribution in [0.1, 0.15) is 47.2 Å². The summed E-state index contributed by atoms with van der Waals surface area (Å²) in [4.78, 5) is 11.7. The third kappa shape index (κ3) is 2.72. The van der Waals surface area contributed by atoms with E-state index in [1.165, 1.54) is 33.4 Å². The Hall–Kier alpha value is -1.37. The summed E-state index contributed by atoms with van der Waals surface area (Å²) in [6.07, 6.45) is 3.70. The Morgan fingerprint density at radius 1 is 0.833 bits per heavy atom. The van der Waals surface area contributed by atoms with E-state index in [1.54, 1.807) is 6.08 Å². The van der Waals surface area contributed by atoms with Crippen molar-refractivity contribution in [2.45, 2.75) is 48.5 Å². The van der Waals surface area contributed by atoms with E-state index in [9.17, 15) is 4.79 Å². The summed E-state index contributed by atoms with van der Waals surface area (Å²) in [5.41, 5.74) is 7.78. The van der Waals surface area contributed by atoms with Gasteiger partial charge in [-0.15, -0.1) is 0 Å². The van der Waals surface area contributed by atoms with Crippen LogP contribution < -0.4 is 0 Å². The van der Waals surface area contributed by atoms with Crippen LogP contribution in [0.25, 0.3) is 6.08 Å². The molecule has 0 aliphatic rings. The van der Waals surface area contributed by atoms with Crippen LogP contribution in [-0.4, -0.2) is 5.78 Å². The molecule has 0 spiro atoms. The number of rotatable bonds is 3. The van der Waals surface area contributed by atoms with Crippen LogP contribution in [0.15, 0.2) is 6.08 Å². The zero-order chi connectivity index (χ0) is 14.0. The fourth-order valence-corrected chi connectivity index (χ4v) is 2.14. The quantitative estimate of drug-likeness (QED) is 0.717. The van der Waals surface area contributed by atoms with Crippen molar-refractivity contribution in [2.24, 2.45) is 5.92 Å². The van der Waals surface area contributed by atoms with E-state index in [1.807, 2.05) is 19.9 Å². The van der Waals surface area contributed by atoms with Gasteiger partial charge < -0.3 is 0 Å². The van der Waals surface area contributed by atoms with Gasteiger partial charge in [0.05, 0.1) is 0 Å². The maximum Gasteiger partial charge on any atom is 0.158 e. The number of ketones is 1. The van der Waals surface area contributed by atoms with Gasteiger partial charge in [-0.05, 0) is 74.1 Å². The second kappa shape index (κ2) is 5.51. The number of hydrogen-bond donors (Lipinski definition) is 0. The largest absolute Gasteiger partial charge is 0.295 e. The van der Waals surface area contributed by atoms with Gasteiger partial charge in [0.2, 0.25) is 0 Å². The highest BCUT2D eigenvalue weighted by Gasteiger charge is 2.10. The smallest absolute Gasteiger partial charge is 0.158 e. The molecule has 0 aliphatic heterocycles. The molecule has 0 bridgehead atoms. The minimum atomic E-state index is 0.0644. The van der Waals surface area contributed by atoms with Crippen LogP contribution >= 0.6 is 0 Å². The monoisotopic (exact) mass is 244 g/mol. The van der Waals surface area contributed by atoms with Crippen LogP contribution in [0.2, 0.25) is 0 Å². The fourth-order valence-electron chi connectivity index (χ4n) is 2.14. The summed E-state index contributed by atoms with van der Waals surface area (Å²) in [5, 5.41) is 0. The van der Waals surface area contributed by atoms with Crippen LogP contribution in [0.5, 0.6) is 0 Å². The number of hydrogen-bond acceptors (Lipinski definition) is 1. The molecule has 0 N–H and O–H groups in total. The van der Waals surface area contributed by atoms with Gasteiger partial charge in [0.15, 0.2) is 5.78 Å². The predicted octanol–water partition coefficient (Wildman–Crippen LogP) is 4.47. The summed E-state index contributed by atoms with van der Waals surface area (Å²) in [6.45, 7) is 14.6. The minimum Gasteiger partial charge on any atom is -0.295 e. The van der Waals surface area contributed by atoms with Gasteiger partial charge in [-0.1, -0.05) is 19.9 Å². The number of benzene rings is 1. The average Bonchev–Trinajstić information content (AvgIpc) is 2.33. The van der Waals surface area contributed by atoms with Gasteiger partial charge in [-0.2, -0.15) is 0 Å². The lowest BCUT2D eigenvalue weighted by molar-refractivity contribution is -0.117. The molecule has 18 heavy (non-hydrogen) atoms. The highest BCUT2D eigenvalue weighted by atomic mass is 16.1. The van der Waals surface area contributed by atoms with Crippen molar-refractivity contribution in [3.8, 4) is 0 Å². The molecule has 98 valence electrons. The third-order valence-electron chi connectivity index (χ3n) is 4.04. The van der Waals surface area contributed by atoms with E-state index in [-0.39, 0.29) is 11.7 Å². The molecule has 0 amide bonds. The Labute approximate surface area is 111 Å². The van der Waals surface area contributed by atoms with E-state index in [0.717, 1.165) is 0 Å². The van der Waals surface area contributed by atoms with E-state index in [4.69, 9.17) is 0 Å². The molecule has 0 fully saturated rings. The van der Waals surface area contributed by atoms with Crippen molar-refractivity contribution in [3.05, 3.63) is 39.5 Å². The third-order valence-corrected chi connectivity index (χ3v) is 4.04. The first kappa shape index (κ1) is 14.7. The second-order valence-corrected chi connectivity index (χ2v) is 5.43. The lowest BCUT2D eigenvalue weighted by Crippen LogP contribution is -2.03. The first-order valence-corrected chi connectivity index (χ1v) is 6.56. The lowest BCUT2D eigenvalue weighted by atomic mass is 9.89.